The maximum absolute atomic E-state index is 12.3. The summed E-state index contributed by atoms with van der Waals surface area (Å²) in [4.78, 5) is 20.9. The number of halogens is 1. The molecule has 0 spiro atoms. The molecule has 152 valence electrons. The van der Waals surface area contributed by atoms with Crippen molar-refractivity contribution in [1.29, 1.82) is 0 Å². The van der Waals surface area contributed by atoms with Crippen LogP contribution in [0.5, 0.6) is 5.75 Å². The Labute approximate surface area is 175 Å². The number of pyridine rings is 1. The summed E-state index contributed by atoms with van der Waals surface area (Å²) in [7, 11) is 0. The number of ether oxygens (including phenoxy) is 1. The number of aliphatic hydroxyl groups excluding tert-OH is 1. The van der Waals surface area contributed by atoms with E-state index in [1.807, 2.05) is 0 Å². The van der Waals surface area contributed by atoms with Gasteiger partial charge < -0.3 is 15.2 Å². The number of rotatable bonds is 5. The Balaban J connectivity index is 1.58. The van der Waals surface area contributed by atoms with Gasteiger partial charge in [-0.1, -0.05) is 12.8 Å². The van der Waals surface area contributed by atoms with Crippen LogP contribution in [0.3, 0.4) is 0 Å². The van der Waals surface area contributed by atoms with Gasteiger partial charge in [-0.15, -0.1) is 0 Å². The summed E-state index contributed by atoms with van der Waals surface area (Å²) in [6.07, 6.45) is 8.18. The van der Waals surface area contributed by atoms with Gasteiger partial charge in [0.1, 0.15) is 11.6 Å². The Morgan fingerprint density at radius 1 is 1.34 bits per heavy atom. The second-order valence-corrected chi connectivity index (χ2v) is 7.79. The zero-order chi connectivity index (χ0) is 20.2. The molecule has 3 N–H and O–H groups in total. The summed E-state index contributed by atoms with van der Waals surface area (Å²) in [6.45, 7) is 0.138. The van der Waals surface area contributed by atoms with E-state index in [4.69, 9.17) is 4.74 Å². The Morgan fingerprint density at radius 3 is 3.00 bits per heavy atom. The predicted octanol–water partition coefficient (Wildman–Crippen LogP) is 3.46. The monoisotopic (exact) mass is 460 g/mol. The molecule has 29 heavy (non-hydrogen) atoms. The van der Waals surface area contributed by atoms with Gasteiger partial charge in [0.15, 0.2) is 11.4 Å². The summed E-state index contributed by atoms with van der Waals surface area (Å²) < 4.78 is 7.48. The fraction of sp³-hybridized carbons (Fsp3) is 0.368. The van der Waals surface area contributed by atoms with Crippen LogP contribution in [0.4, 0.5) is 16.4 Å². The minimum absolute atomic E-state index is 0.126. The van der Waals surface area contributed by atoms with E-state index in [1.54, 1.807) is 30.6 Å². The summed E-state index contributed by atoms with van der Waals surface area (Å²) in [5, 5.41) is 20.1. The molecule has 1 aliphatic carbocycles. The third-order valence-electron chi connectivity index (χ3n) is 4.98. The van der Waals surface area contributed by atoms with Crippen LogP contribution in [-0.2, 0) is 0 Å². The number of aromatic nitrogens is 4. The molecule has 1 amide bonds. The lowest BCUT2D eigenvalue weighted by atomic mass is 9.85. The molecular weight excluding hydrogens is 440 g/mol. The average molecular weight is 461 g/mol. The van der Waals surface area contributed by atoms with Crippen LogP contribution < -0.4 is 15.4 Å². The first-order chi connectivity index (χ1) is 14.1. The smallest absolute Gasteiger partial charge is 0.408 e. The summed E-state index contributed by atoms with van der Waals surface area (Å²) in [5.41, 5.74) is 0.558. The molecule has 1 fully saturated rings. The Kier molecular flexibility index (Phi) is 5.91. The Hall–Kier alpha value is -2.72. The molecule has 0 saturated heterocycles. The highest BCUT2D eigenvalue weighted by molar-refractivity contribution is 9.10. The highest BCUT2D eigenvalue weighted by atomic mass is 79.9. The number of nitrogens with zero attached hydrogens (tertiary/aromatic N) is 4. The van der Waals surface area contributed by atoms with E-state index in [2.05, 4.69) is 41.6 Å². The van der Waals surface area contributed by atoms with E-state index in [-0.39, 0.29) is 18.6 Å². The van der Waals surface area contributed by atoms with E-state index < -0.39 is 6.09 Å². The van der Waals surface area contributed by atoms with Gasteiger partial charge in [-0.25, -0.2) is 9.78 Å². The van der Waals surface area contributed by atoms with Gasteiger partial charge in [0.05, 0.1) is 16.9 Å². The fourth-order valence-corrected chi connectivity index (χ4v) is 3.90. The van der Waals surface area contributed by atoms with E-state index in [0.29, 0.717) is 27.5 Å². The van der Waals surface area contributed by atoms with Gasteiger partial charge in [-0.05, 0) is 40.9 Å². The maximum Gasteiger partial charge on any atom is 0.418 e. The molecule has 1 saturated carbocycles. The first-order valence-corrected chi connectivity index (χ1v) is 10.2. The van der Waals surface area contributed by atoms with E-state index >= 15 is 0 Å². The molecule has 9 nitrogen and oxygen atoms in total. The Bertz CT molecular complexity index is 996. The number of carbonyl (C=O) groups excluding carboxylic acids is 1. The van der Waals surface area contributed by atoms with Crippen LogP contribution >= 0.6 is 15.9 Å². The first-order valence-electron chi connectivity index (χ1n) is 9.44. The molecule has 4 rings (SSSR count). The molecule has 2 atom stereocenters. The van der Waals surface area contributed by atoms with Crippen molar-refractivity contribution >= 4 is 39.3 Å². The van der Waals surface area contributed by atoms with Crippen LogP contribution in [0.25, 0.3) is 5.65 Å². The average Bonchev–Trinajstić information content (AvgIpc) is 3.10. The molecule has 1 aliphatic rings. The number of aliphatic hydroxyl groups is 1. The number of nitrogens with one attached hydrogen (secondary N) is 2. The van der Waals surface area contributed by atoms with Crippen LogP contribution in [0, 0.1) is 5.92 Å². The van der Waals surface area contributed by atoms with Gasteiger partial charge in [-0.3, -0.25) is 10.3 Å². The first kappa shape index (κ1) is 19.6. The topological polar surface area (TPSA) is 114 Å². The second kappa shape index (κ2) is 8.75. The van der Waals surface area contributed by atoms with Crippen molar-refractivity contribution in [3.05, 3.63) is 41.3 Å². The molecule has 3 aromatic heterocycles. The molecular formula is C19H21BrN6O3. The van der Waals surface area contributed by atoms with Crippen LogP contribution in [0.2, 0.25) is 0 Å². The summed E-state index contributed by atoms with van der Waals surface area (Å²) in [5.74, 6) is 1.53. The lowest BCUT2D eigenvalue weighted by Crippen LogP contribution is -2.34. The van der Waals surface area contributed by atoms with Crippen molar-refractivity contribution in [2.45, 2.75) is 31.7 Å². The predicted molar refractivity (Wildman–Crippen MR) is 111 cm³/mol. The molecule has 0 aromatic carbocycles. The van der Waals surface area contributed by atoms with Gasteiger partial charge >= 0.3 is 6.09 Å². The molecule has 0 bridgehead atoms. The van der Waals surface area contributed by atoms with Crippen LogP contribution in [0.15, 0.2) is 41.3 Å². The van der Waals surface area contributed by atoms with Crippen LogP contribution in [0.1, 0.15) is 25.7 Å². The van der Waals surface area contributed by atoms with Crippen molar-refractivity contribution in [1.82, 2.24) is 19.6 Å². The van der Waals surface area contributed by atoms with E-state index in [0.717, 1.165) is 25.7 Å². The zero-order valence-electron chi connectivity index (χ0n) is 15.6. The highest BCUT2D eigenvalue weighted by Gasteiger charge is 2.25. The molecule has 0 unspecified atom stereocenters. The molecule has 3 aromatic rings. The second-order valence-electron chi connectivity index (χ2n) is 6.94. The molecule has 10 heteroatoms. The highest BCUT2D eigenvalue weighted by Crippen LogP contribution is 2.28. The molecule has 3 heterocycles. The van der Waals surface area contributed by atoms with Gasteiger partial charge in [0.2, 0.25) is 0 Å². The number of hydrogen-bond acceptors (Lipinski definition) is 7. The SMILES string of the molecule is O=C(Nc1cc(N[C@@H]2CCCC[C@@H]2CO)nc2c(Br)cnn12)Oc1cccnc1. The van der Waals surface area contributed by atoms with Crippen molar-refractivity contribution < 1.29 is 14.6 Å². The van der Waals surface area contributed by atoms with Gasteiger partial charge in [0, 0.05) is 30.8 Å². The van der Waals surface area contributed by atoms with E-state index in [1.165, 1.54) is 10.7 Å². The minimum Gasteiger partial charge on any atom is -0.408 e. The number of fused-ring (bicyclic) bond motifs is 1. The number of hydrogen-bond donors (Lipinski definition) is 3. The number of carbonyl (C=O) groups is 1. The van der Waals surface area contributed by atoms with Gasteiger partial charge in [0.25, 0.3) is 0 Å². The quantitative estimate of drug-likeness (QED) is 0.533. The van der Waals surface area contributed by atoms with E-state index in [9.17, 15) is 9.90 Å². The zero-order valence-corrected chi connectivity index (χ0v) is 17.2. The number of anilines is 2. The molecule has 0 aliphatic heterocycles. The third-order valence-corrected chi connectivity index (χ3v) is 5.54. The minimum atomic E-state index is -0.658. The van der Waals surface area contributed by atoms with Gasteiger partial charge in [-0.2, -0.15) is 9.61 Å². The summed E-state index contributed by atoms with van der Waals surface area (Å²) in [6, 6.07) is 5.16. The third kappa shape index (κ3) is 4.48. The normalized spacial score (nSPS) is 19.1. The maximum atomic E-state index is 12.3. The standard InChI is InChI=1S/C19H21BrN6O3/c20-14-10-22-26-17(25-19(28)29-13-5-3-7-21-9-13)8-16(24-18(14)26)23-15-6-2-1-4-12(15)11-27/h3,5,7-10,12,15,27H,1-2,4,6,11H2,(H,23,24)(H,25,28)/t12-,15-/m1/s1. The Morgan fingerprint density at radius 2 is 2.21 bits per heavy atom. The van der Waals surface area contributed by atoms with Crippen molar-refractivity contribution in [3.8, 4) is 5.75 Å². The van der Waals surface area contributed by atoms with Crippen LogP contribution in [-0.4, -0.2) is 43.4 Å². The summed E-state index contributed by atoms with van der Waals surface area (Å²) >= 11 is 3.44. The van der Waals surface area contributed by atoms with Crippen molar-refractivity contribution in [2.75, 3.05) is 17.2 Å². The largest absolute Gasteiger partial charge is 0.418 e. The van der Waals surface area contributed by atoms with Crippen molar-refractivity contribution in [2.24, 2.45) is 5.92 Å². The lowest BCUT2D eigenvalue weighted by molar-refractivity contribution is 0.178. The molecule has 0 radical (unpaired) electrons. The van der Waals surface area contributed by atoms with Crippen molar-refractivity contribution in [3.63, 3.8) is 0 Å². The fourth-order valence-electron chi connectivity index (χ4n) is 3.55. The lowest BCUT2D eigenvalue weighted by Gasteiger charge is -2.31. The number of amides is 1.